The minimum Gasteiger partial charge on any atom is -0.494 e. The van der Waals surface area contributed by atoms with Crippen molar-refractivity contribution in [2.24, 2.45) is 0 Å². The van der Waals surface area contributed by atoms with Gasteiger partial charge in [-0.25, -0.2) is 4.79 Å². The second-order valence-electron chi connectivity index (χ2n) is 10.9. The van der Waals surface area contributed by atoms with Gasteiger partial charge in [-0.3, -0.25) is 19.7 Å². The number of carboxylic acid groups (broad SMARTS) is 1. The van der Waals surface area contributed by atoms with Crippen LogP contribution < -0.4 is 20.7 Å². The number of benzene rings is 2. The van der Waals surface area contributed by atoms with E-state index < -0.39 is 18.0 Å². The van der Waals surface area contributed by atoms with E-state index in [-0.39, 0.29) is 24.3 Å². The fourth-order valence-electron chi connectivity index (χ4n) is 5.27. The number of unbranched alkanes of at least 4 members (excludes halogenated alkanes) is 3. The molecule has 0 aromatic heterocycles. The fourth-order valence-corrected chi connectivity index (χ4v) is 5.27. The molecule has 2 unspecified atom stereocenters. The van der Waals surface area contributed by atoms with Gasteiger partial charge in [0.05, 0.1) is 32.5 Å². The first kappa shape index (κ1) is 32.7. The molecule has 4 amide bonds. The Labute approximate surface area is 257 Å². The molecule has 12 nitrogen and oxygen atoms in total. The Morgan fingerprint density at radius 2 is 1.77 bits per heavy atom. The maximum absolute atomic E-state index is 12.8. The van der Waals surface area contributed by atoms with Gasteiger partial charge in [-0.1, -0.05) is 18.6 Å². The summed E-state index contributed by atoms with van der Waals surface area (Å²) in [6, 6.07) is 12.1. The third-order valence-corrected chi connectivity index (χ3v) is 7.62. The Morgan fingerprint density at radius 1 is 1.00 bits per heavy atom. The number of hydrogen-bond donors (Lipinski definition) is 4. The molecule has 2 atom stereocenters. The summed E-state index contributed by atoms with van der Waals surface area (Å²) < 4.78 is 17.1. The Kier molecular flexibility index (Phi) is 12.4. The number of hydrogen-bond acceptors (Lipinski definition) is 8. The van der Waals surface area contributed by atoms with Crippen LogP contribution >= 0.6 is 0 Å². The van der Waals surface area contributed by atoms with Crippen LogP contribution in [0.1, 0.15) is 73.0 Å². The van der Waals surface area contributed by atoms with Crippen LogP contribution in [0.4, 0.5) is 10.5 Å². The largest absolute Gasteiger partial charge is 0.494 e. The van der Waals surface area contributed by atoms with E-state index in [0.717, 1.165) is 48.2 Å². The van der Waals surface area contributed by atoms with Gasteiger partial charge in [-0.15, -0.1) is 0 Å². The minimum atomic E-state index is -1.05. The molecule has 2 aromatic carbocycles. The van der Waals surface area contributed by atoms with Crippen LogP contribution in [0, 0.1) is 0 Å². The number of amides is 4. The first-order chi connectivity index (χ1) is 21.3. The van der Waals surface area contributed by atoms with E-state index in [2.05, 4.69) is 16.0 Å². The average molecular weight is 611 g/mol. The lowest BCUT2D eigenvalue weighted by molar-refractivity contribution is -0.136. The monoisotopic (exact) mass is 610 g/mol. The van der Waals surface area contributed by atoms with Crippen molar-refractivity contribution in [2.45, 2.75) is 64.1 Å². The highest BCUT2D eigenvalue weighted by atomic mass is 16.5. The molecule has 2 aliphatic rings. The van der Waals surface area contributed by atoms with E-state index in [1.54, 1.807) is 17.9 Å². The summed E-state index contributed by atoms with van der Waals surface area (Å²) in [7, 11) is 0. The second kappa shape index (κ2) is 16.6. The summed E-state index contributed by atoms with van der Waals surface area (Å²) in [5, 5.41) is 16.9. The van der Waals surface area contributed by atoms with Gasteiger partial charge in [0.1, 0.15) is 11.8 Å². The summed E-state index contributed by atoms with van der Waals surface area (Å²) in [6.45, 7) is 5.60. The molecular formula is C32H42N4O8. The number of fused-ring (bicyclic) bond motifs is 1. The van der Waals surface area contributed by atoms with E-state index in [4.69, 9.17) is 19.3 Å². The van der Waals surface area contributed by atoms with E-state index in [9.17, 15) is 19.2 Å². The highest BCUT2D eigenvalue weighted by Crippen LogP contribution is 2.29. The molecule has 0 radical (unpaired) electrons. The molecule has 2 heterocycles. The van der Waals surface area contributed by atoms with Crippen LogP contribution in [0.2, 0.25) is 0 Å². The molecule has 4 rings (SSSR count). The first-order valence-corrected chi connectivity index (χ1v) is 15.2. The third-order valence-electron chi connectivity index (χ3n) is 7.62. The maximum atomic E-state index is 12.8. The Morgan fingerprint density at radius 3 is 2.55 bits per heavy atom. The average Bonchev–Trinajstić information content (AvgIpc) is 3.32. The molecule has 44 heavy (non-hydrogen) atoms. The van der Waals surface area contributed by atoms with Crippen molar-refractivity contribution in [1.82, 2.24) is 15.5 Å². The van der Waals surface area contributed by atoms with Crippen molar-refractivity contribution >= 4 is 29.5 Å². The number of nitrogens with zero attached hydrogens (tertiary/aromatic N) is 1. The van der Waals surface area contributed by atoms with Crippen LogP contribution in [-0.2, 0) is 25.6 Å². The van der Waals surface area contributed by atoms with Crippen molar-refractivity contribution in [3.63, 3.8) is 0 Å². The second-order valence-corrected chi connectivity index (χ2v) is 10.9. The van der Waals surface area contributed by atoms with E-state index in [0.29, 0.717) is 58.1 Å². The molecule has 2 aliphatic heterocycles. The summed E-state index contributed by atoms with van der Waals surface area (Å²) in [5.41, 5.74) is 3.19. The summed E-state index contributed by atoms with van der Waals surface area (Å²) in [5.74, 6) is -0.148. The van der Waals surface area contributed by atoms with Gasteiger partial charge in [0.2, 0.25) is 11.8 Å². The number of carbonyl (C=O) groups excluding carboxylic acids is 3. The molecule has 1 fully saturated rings. The zero-order valence-corrected chi connectivity index (χ0v) is 25.1. The van der Waals surface area contributed by atoms with Gasteiger partial charge in [-0.05, 0) is 74.1 Å². The Bertz CT molecular complexity index is 1300. The van der Waals surface area contributed by atoms with Gasteiger partial charge in [0.15, 0.2) is 0 Å². The molecule has 0 spiro atoms. The van der Waals surface area contributed by atoms with Gasteiger partial charge >= 0.3 is 6.09 Å². The number of piperidine rings is 1. The molecule has 0 saturated carbocycles. The molecule has 1 saturated heterocycles. The molecule has 4 N–H and O–H groups in total. The maximum Gasteiger partial charge on any atom is 0.405 e. The zero-order chi connectivity index (χ0) is 31.3. The number of rotatable bonds is 18. The fraction of sp³-hybridized carbons (Fsp3) is 0.500. The predicted molar refractivity (Wildman–Crippen MR) is 163 cm³/mol. The van der Waals surface area contributed by atoms with Crippen LogP contribution in [0.25, 0.3) is 0 Å². The number of imide groups is 1. The molecule has 2 aromatic rings. The lowest BCUT2D eigenvalue weighted by Gasteiger charge is -2.29. The van der Waals surface area contributed by atoms with Crippen molar-refractivity contribution < 1.29 is 38.5 Å². The first-order valence-electron chi connectivity index (χ1n) is 15.2. The number of nitrogens with one attached hydrogen (secondary N) is 3. The third kappa shape index (κ3) is 9.68. The quantitative estimate of drug-likeness (QED) is 0.145. The molecule has 12 heteroatoms. The number of carbonyl (C=O) groups is 4. The van der Waals surface area contributed by atoms with Crippen LogP contribution in [0.3, 0.4) is 0 Å². The Balaban J connectivity index is 0.988. The molecule has 238 valence electrons. The number of ether oxygens (including phenoxy) is 3. The van der Waals surface area contributed by atoms with Crippen LogP contribution in [0.15, 0.2) is 42.5 Å². The standard InChI is InChI=1S/C32H42N4O8/c1-22(34-32(40)41)23-7-6-8-26(20-23)44-15-5-3-2-4-14-42-17-18-43-16-13-33-25-9-10-27-24(19-25)21-36(31(27)39)28-11-12-29(37)35-30(28)38/h6-10,19-20,22,28,33-34H,2-5,11-18,21H2,1H3,(H,40,41)(H,35,37,38). The van der Waals surface area contributed by atoms with E-state index in [1.165, 1.54) is 0 Å². The lowest BCUT2D eigenvalue weighted by Crippen LogP contribution is -2.52. The van der Waals surface area contributed by atoms with Gasteiger partial charge < -0.3 is 34.9 Å². The van der Waals surface area contributed by atoms with Crippen LogP contribution in [0.5, 0.6) is 5.75 Å². The molecular weight excluding hydrogens is 568 g/mol. The SMILES string of the molecule is CC(NC(=O)O)c1cccc(OCCCCCCOCCOCCNc2ccc3c(c2)CN(C2CCC(=O)NC2=O)C3=O)c1. The Hall–Kier alpha value is -4.16. The van der Waals surface area contributed by atoms with Crippen molar-refractivity contribution in [2.75, 3.05) is 44.9 Å². The van der Waals surface area contributed by atoms with Crippen molar-refractivity contribution in [3.05, 3.63) is 59.2 Å². The van der Waals surface area contributed by atoms with Gasteiger partial charge in [0.25, 0.3) is 5.91 Å². The summed E-state index contributed by atoms with van der Waals surface area (Å²) in [4.78, 5) is 48.8. The van der Waals surface area contributed by atoms with Gasteiger partial charge in [0, 0.05) is 37.4 Å². The lowest BCUT2D eigenvalue weighted by atomic mass is 10.0. The summed E-state index contributed by atoms with van der Waals surface area (Å²) >= 11 is 0. The smallest absolute Gasteiger partial charge is 0.405 e. The highest BCUT2D eigenvalue weighted by Gasteiger charge is 2.39. The molecule has 0 aliphatic carbocycles. The normalized spacial score (nSPS) is 16.8. The molecule has 0 bridgehead atoms. The summed E-state index contributed by atoms with van der Waals surface area (Å²) in [6.07, 6.45) is 3.52. The topological polar surface area (TPSA) is 156 Å². The van der Waals surface area contributed by atoms with Crippen molar-refractivity contribution in [1.29, 1.82) is 0 Å². The van der Waals surface area contributed by atoms with Crippen molar-refractivity contribution in [3.8, 4) is 5.75 Å². The van der Waals surface area contributed by atoms with Gasteiger partial charge in [-0.2, -0.15) is 0 Å². The minimum absolute atomic E-state index is 0.180. The zero-order valence-electron chi connectivity index (χ0n) is 25.1. The van der Waals surface area contributed by atoms with Crippen LogP contribution in [-0.4, -0.2) is 79.4 Å². The van der Waals surface area contributed by atoms with E-state index in [1.807, 2.05) is 36.4 Å². The number of anilines is 1. The van der Waals surface area contributed by atoms with E-state index >= 15 is 0 Å². The predicted octanol–water partition coefficient (Wildman–Crippen LogP) is 3.86. The highest BCUT2D eigenvalue weighted by molar-refractivity contribution is 6.05.